The van der Waals surface area contributed by atoms with Gasteiger partial charge in [-0.2, -0.15) is 5.21 Å². The van der Waals surface area contributed by atoms with E-state index >= 15 is 0 Å². The molecule has 0 aliphatic carbocycles. The molecule has 0 bridgehead atoms. The highest BCUT2D eigenvalue weighted by atomic mass is 35.5. The molecule has 0 saturated heterocycles. The Morgan fingerprint density at radius 1 is 1.29 bits per heavy atom. The van der Waals surface area contributed by atoms with E-state index in [4.69, 9.17) is 16.3 Å². The van der Waals surface area contributed by atoms with Crippen LogP contribution in [0.4, 0.5) is 4.39 Å². The molecule has 3 rings (SSSR count). The maximum atomic E-state index is 13.6. The van der Waals surface area contributed by atoms with Crippen LogP contribution in [-0.2, 0) is 0 Å². The van der Waals surface area contributed by atoms with Gasteiger partial charge < -0.3 is 4.74 Å². The number of benzene rings is 1. The van der Waals surface area contributed by atoms with E-state index in [1.165, 1.54) is 6.20 Å². The number of hydrogen-bond acceptors (Lipinski definition) is 5. The van der Waals surface area contributed by atoms with Crippen LogP contribution in [0.3, 0.4) is 0 Å². The Bertz CT molecular complexity index is 778. The van der Waals surface area contributed by atoms with Gasteiger partial charge in [0, 0.05) is 11.8 Å². The van der Waals surface area contributed by atoms with Crippen LogP contribution in [0.25, 0.3) is 11.4 Å². The number of nitrogens with zero attached hydrogens (tertiary/aromatic N) is 4. The Morgan fingerprint density at radius 2 is 2.14 bits per heavy atom. The number of pyridine rings is 1. The summed E-state index contributed by atoms with van der Waals surface area (Å²) in [4.78, 5) is 3.81. The number of nitrogens with one attached hydrogen (secondary N) is 1. The van der Waals surface area contributed by atoms with Gasteiger partial charge in [0.2, 0.25) is 5.82 Å². The van der Waals surface area contributed by atoms with Gasteiger partial charge in [-0.1, -0.05) is 11.6 Å². The average molecular weight is 306 g/mol. The Labute approximate surface area is 123 Å². The highest BCUT2D eigenvalue weighted by Gasteiger charge is 2.11. The van der Waals surface area contributed by atoms with Gasteiger partial charge in [0.1, 0.15) is 5.75 Å². The van der Waals surface area contributed by atoms with Crippen LogP contribution in [0.5, 0.6) is 11.6 Å². The van der Waals surface area contributed by atoms with Crippen molar-refractivity contribution in [2.24, 2.45) is 0 Å². The lowest BCUT2D eigenvalue weighted by Gasteiger charge is -2.08. The summed E-state index contributed by atoms with van der Waals surface area (Å²) >= 11 is 5.64. The molecular formula is C13H9ClFN5O. The molecule has 6 nitrogen and oxygen atoms in total. The van der Waals surface area contributed by atoms with Crippen molar-refractivity contribution in [1.29, 1.82) is 0 Å². The van der Waals surface area contributed by atoms with Crippen molar-refractivity contribution in [3.8, 4) is 23.0 Å². The first-order chi connectivity index (χ1) is 10.1. The van der Waals surface area contributed by atoms with E-state index in [1.807, 2.05) is 6.92 Å². The molecule has 0 atom stereocenters. The van der Waals surface area contributed by atoms with Crippen molar-refractivity contribution in [3.63, 3.8) is 0 Å². The third-order valence-corrected chi connectivity index (χ3v) is 2.98. The predicted octanol–water partition coefficient (Wildman–Crippen LogP) is 3.15. The van der Waals surface area contributed by atoms with Gasteiger partial charge in [-0.3, -0.25) is 0 Å². The summed E-state index contributed by atoms with van der Waals surface area (Å²) in [5.74, 6) is 0.178. The fourth-order valence-corrected chi connectivity index (χ4v) is 1.96. The topological polar surface area (TPSA) is 76.6 Å². The predicted molar refractivity (Wildman–Crippen MR) is 73.6 cm³/mol. The second kappa shape index (κ2) is 5.45. The monoisotopic (exact) mass is 305 g/mol. The van der Waals surface area contributed by atoms with Crippen molar-refractivity contribution >= 4 is 11.6 Å². The average Bonchev–Trinajstić information content (AvgIpc) is 2.96. The standard InChI is InChI=1S/C13H9ClFN5O/c1-7-4-9(2-3-10(7)12-17-19-20-18-12)21-13-11(15)5-8(14)6-16-13/h2-6H,1H3,(H,17,18,19,20). The van der Waals surface area contributed by atoms with Crippen molar-refractivity contribution < 1.29 is 9.13 Å². The zero-order valence-electron chi connectivity index (χ0n) is 10.8. The number of aryl methyl sites for hydroxylation is 1. The zero-order valence-corrected chi connectivity index (χ0v) is 11.6. The van der Waals surface area contributed by atoms with Crippen molar-refractivity contribution in [2.45, 2.75) is 6.92 Å². The molecule has 0 saturated carbocycles. The molecule has 0 aliphatic heterocycles. The van der Waals surface area contributed by atoms with E-state index in [0.29, 0.717) is 11.6 Å². The largest absolute Gasteiger partial charge is 0.436 e. The number of aromatic nitrogens is 5. The van der Waals surface area contributed by atoms with E-state index in [-0.39, 0.29) is 10.9 Å². The molecule has 2 heterocycles. The highest BCUT2D eigenvalue weighted by molar-refractivity contribution is 6.30. The summed E-state index contributed by atoms with van der Waals surface area (Å²) < 4.78 is 19.0. The minimum atomic E-state index is -0.623. The number of hydrogen-bond donors (Lipinski definition) is 1. The number of ether oxygens (including phenoxy) is 1. The van der Waals surface area contributed by atoms with E-state index in [9.17, 15) is 4.39 Å². The molecule has 0 aliphatic rings. The molecule has 1 aromatic carbocycles. The fraction of sp³-hybridized carbons (Fsp3) is 0.0769. The summed E-state index contributed by atoms with van der Waals surface area (Å²) in [7, 11) is 0. The van der Waals surface area contributed by atoms with Crippen molar-refractivity contribution in [3.05, 3.63) is 46.9 Å². The van der Waals surface area contributed by atoms with Gasteiger partial charge in [0.05, 0.1) is 5.02 Å². The van der Waals surface area contributed by atoms with Crippen LogP contribution in [0, 0.1) is 12.7 Å². The van der Waals surface area contributed by atoms with Crippen LogP contribution in [0.1, 0.15) is 5.56 Å². The first-order valence-corrected chi connectivity index (χ1v) is 6.34. The van der Waals surface area contributed by atoms with Gasteiger partial charge in [0.15, 0.2) is 5.82 Å². The quantitative estimate of drug-likeness (QED) is 0.804. The Morgan fingerprint density at radius 3 is 2.81 bits per heavy atom. The molecule has 1 N–H and O–H groups in total. The molecule has 0 spiro atoms. The molecule has 3 aromatic rings. The molecule has 0 fully saturated rings. The summed E-state index contributed by atoms with van der Waals surface area (Å²) in [6, 6.07) is 6.32. The summed E-state index contributed by atoms with van der Waals surface area (Å²) in [5, 5.41) is 13.9. The smallest absolute Gasteiger partial charge is 0.255 e. The molecule has 0 amide bonds. The maximum Gasteiger partial charge on any atom is 0.255 e. The molecule has 106 valence electrons. The first kappa shape index (κ1) is 13.4. The number of H-pyrrole nitrogens is 1. The third-order valence-electron chi connectivity index (χ3n) is 2.77. The van der Waals surface area contributed by atoms with Gasteiger partial charge in [-0.25, -0.2) is 9.37 Å². The molecular weight excluding hydrogens is 297 g/mol. The third kappa shape index (κ3) is 2.82. The minimum absolute atomic E-state index is 0.133. The molecule has 0 unspecified atom stereocenters. The second-order valence-electron chi connectivity index (χ2n) is 4.25. The summed E-state index contributed by atoms with van der Waals surface area (Å²) in [5.41, 5.74) is 1.67. The van der Waals surface area contributed by atoms with Gasteiger partial charge in [0.25, 0.3) is 5.88 Å². The Hall–Kier alpha value is -2.54. The SMILES string of the molecule is Cc1cc(Oc2ncc(Cl)cc2F)ccc1-c1nn[nH]n1. The molecule has 8 heteroatoms. The Balaban J connectivity index is 1.89. The normalized spacial score (nSPS) is 10.6. The first-order valence-electron chi connectivity index (χ1n) is 5.97. The van der Waals surface area contributed by atoms with Crippen LogP contribution in [0.15, 0.2) is 30.5 Å². The van der Waals surface area contributed by atoms with Crippen LogP contribution in [-0.4, -0.2) is 25.6 Å². The maximum absolute atomic E-state index is 13.6. The minimum Gasteiger partial charge on any atom is -0.436 e. The zero-order chi connectivity index (χ0) is 14.8. The number of tetrazole rings is 1. The van der Waals surface area contributed by atoms with Crippen LogP contribution < -0.4 is 4.74 Å². The van der Waals surface area contributed by atoms with Gasteiger partial charge in [-0.05, 0) is 42.0 Å². The Kier molecular flexibility index (Phi) is 3.49. The molecule has 21 heavy (non-hydrogen) atoms. The number of rotatable bonds is 3. The van der Waals surface area contributed by atoms with E-state index in [0.717, 1.165) is 17.2 Å². The van der Waals surface area contributed by atoms with E-state index in [1.54, 1.807) is 18.2 Å². The van der Waals surface area contributed by atoms with E-state index in [2.05, 4.69) is 25.6 Å². The number of halogens is 2. The summed E-state index contributed by atoms with van der Waals surface area (Å²) in [6.07, 6.45) is 1.32. The molecule has 2 aromatic heterocycles. The van der Waals surface area contributed by atoms with Gasteiger partial charge >= 0.3 is 0 Å². The molecule has 0 radical (unpaired) electrons. The van der Waals surface area contributed by atoms with Crippen LogP contribution >= 0.6 is 11.6 Å². The van der Waals surface area contributed by atoms with E-state index < -0.39 is 5.82 Å². The lowest BCUT2D eigenvalue weighted by molar-refractivity contribution is 0.422. The van der Waals surface area contributed by atoms with Crippen LogP contribution in [0.2, 0.25) is 5.02 Å². The lowest BCUT2D eigenvalue weighted by Crippen LogP contribution is -1.93. The number of aromatic amines is 1. The van der Waals surface area contributed by atoms with Crippen molar-refractivity contribution in [2.75, 3.05) is 0 Å². The lowest BCUT2D eigenvalue weighted by atomic mass is 10.1. The summed E-state index contributed by atoms with van der Waals surface area (Å²) in [6.45, 7) is 1.87. The van der Waals surface area contributed by atoms with Crippen molar-refractivity contribution in [1.82, 2.24) is 25.6 Å². The highest BCUT2D eigenvalue weighted by Crippen LogP contribution is 2.28. The fourth-order valence-electron chi connectivity index (χ4n) is 1.82. The van der Waals surface area contributed by atoms with Gasteiger partial charge in [-0.15, -0.1) is 10.2 Å². The second-order valence-corrected chi connectivity index (χ2v) is 4.69.